The third-order valence-electron chi connectivity index (χ3n) is 4.36. The van der Waals surface area contributed by atoms with Gasteiger partial charge in [0.25, 0.3) is 5.91 Å². The Labute approximate surface area is 171 Å². The molecule has 0 saturated heterocycles. The van der Waals surface area contributed by atoms with Gasteiger partial charge in [0, 0.05) is 5.56 Å². The van der Waals surface area contributed by atoms with Crippen LogP contribution in [-0.2, 0) is 14.8 Å². The topological polar surface area (TPSA) is 97.3 Å². The number of hydrogen-bond acceptors (Lipinski definition) is 6. The summed E-state index contributed by atoms with van der Waals surface area (Å²) < 4.78 is 36.1. The van der Waals surface area contributed by atoms with Gasteiger partial charge in [0.05, 0.1) is 32.4 Å². The Hall–Kier alpha value is -3.07. The third-order valence-corrected chi connectivity index (χ3v) is 5.49. The maximum atomic E-state index is 12.4. The number of hydrogen-bond donors (Lipinski definition) is 1. The van der Waals surface area contributed by atoms with Crippen LogP contribution >= 0.6 is 0 Å². The number of rotatable bonds is 8. The lowest BCUT2D eigenvalue weighted by Gasteiger charge is -2.23. The number of methoxy groups -OCH3 is 2. The molecule has 2 rings (SSSR count). The van der Waals surface area contributed by atoms with Gasteiger partial charge in [-0.05, 0) is 43.2 Å². The fraction of sp³-hybridized carbons (Fsp3) is 0.300. The second-order valence-corrected chi connectivity index (χ2v) is 8.27. The van der Waals surface area contributed by atoms with E-state index in [1.165, 1.54) is 20.4 Å². The number of nitrogens with one attached hydrogen (secondary N) is 1. The van der Waals surface area contributed by atoms with Crippen LogP contribution in [0.3, 0.4) is 0 Å². The summed E-state index contributed by atoms with van der Waals surface area (Å²) in [4.78, 5) is 12.4. The number of aryl methyl sites for hydroxylation is 1. The molecule has 0 unspecified atom stereocenters. The highest BCUT2D eigenvalue weighted by atomic mass is 32.2. The quantitative estimate of drug-likeness (QED) is 0.523. The van der Waals surface area contributed by atoms with Gasteiger partial charge in [0.1, 0.15) is 6.54 Å². The first kappa shape index (κ1) is 22.2. The van der Waals surface area contributed by atoms with Crippen LogP contribution in [-0.4, -0.2) is 47.6 Å². The largest absolute Gasteiger partial charge is 0.493 e. The molecule has 1 N–H and O–H groups in total. The van der Waals surface area contributed by atoms with E-state index in [0.29, 0.717) is 22.7 Å². The SMILES string of the molecule is COc1cccc(/C=N\NC(=O)CN(c2cccc(C)c2C)S(C)(=O)=O)c1OC. The zero-order chi connectivity index (χ0) is 21.6. The van der Waals surface area contributed by atoms with E-state index < -0.39 is 22.5 Å². The van der Waals surface area contributed by atoms with Crippen LogP contribution in [0.4, 0.5) is 5.69 Å². The third kappa shape index (κ3) is 5.47. The fourth-order valence-electron chi connectivity index (χ4n) is 2.74. The van der Waals surface area contributed by atoms with Crippen molar-refractivity contribution in [1.29, 1.82) is 0 Å². The van der Waals surface area contributed by atoms with Crippen LogP contribution in [0.2, 0.25) is 0 Å². The molecule has 2 aromatic rings. The van der Waals surface area contributed by atoms with E-state index >= 15 is 0 Å². The summed E-state index contributed by atoms with van der Waals surface area (Å²) in [5, 5.41) is 3.91. The molecule has 2 aromatic carbocycles. The Bertz CT molecular complexity index is 1020. The van der Waals surface area contributed by atoms with Crippen molar-refractivity contribution in [1.82, 2.24) is 5.43 Å². The molecular weight excluding hydrogens is 394 g/mol. The normalized spacial score (nSPS) is 11.3. The van der Waals surface area contributed by atoms with Crippen LogP contribution in [0.25, 0.3) is 0 Å². The Morgan fingerprint density at radius 2 is 1.83 bits per heavy atom. The van der Waals surface area contributed by atoms with Crippen molar-refractivity contribution in [2.24, 2.45) is 5.10 Å². The number of amides is 1. The number of para-hydroxylation sites is 1. The highest BCUT2D eigenvalue weighted by Crippen LogP contribution is 2.29. The minimum absolute atomic E-state index is 0.393. The fourth-order valence-corrected chi connectivity index (χ4v) is 3.65. The summed E-state index contributed by atoms with van der Waals surface area (Å²) in [6.45, 7) is 3.30. The van der Waals surface area contributed by atoms with Crippen molar-refractivity contribution in [2.75, 3.05) is 31.3 Å². The summed E-state index contributed by atoms with van der Waals surface area (Å²) in [5.41, 5.74) is 5.13. The van der Waals surface area contributed by atoms with Gasteiger partial charge in [0.15, 0.2) is 11.5 Å². The van der Waals surface area contributed by atoms with Crippen molar-refractivity contribution in [3.63, 3.8) is 0 Å². The zero-order valence-electron chi connectivity index (χ0n) is 17.1. The van der Waals surface area contributed by atoms with E-state index in [-0.39, 0.29) is 0 Å². The van der Waals surface area contributed by atoms with E-state index in [4.69, 9.17) is 9.47 Å². The van der Waals surface area contributed by atoms with E-state index in [0.717, 1.165) is 21.7 Å². The van der Waals surface area contributed by atoms with Crippen LogP contribution in [0, 0.1) is 13.8 Å². The van der Waals surface area contributed by atoms with Gasteiger partial charge in [-0.15, -0.1) is 0 Å². The van der Waals surface area contributed by atoms with E-state index in [1.807, 2.05) is 19.9 Å². The van der Waals surface area contributed by atoms with Crippen molar-refractivity contribution < 1.29 is 22.7 Å². The minimum Gasteiger partial charge on any atom is -0.493 e. The van der Waals surface area contributed by atoms with Crippen molar-refractivity contribution in [3.8, 4) is 11.5 Å². The first-order chi connectivity index (χ1) is 13.7. The van der Waals surface area contributed by atoms with Gasteiger partial charge in [-0.25, -0.2) is 13.8 Å². The molecule has 0 aliphatic heterocycles. The minimum atomic E-state index is -3.67. The van der Waals surface area contributed by atoms with Crippen molar-refractivity contribution in [2.45, 2.75) is 13.8 Å². The molecule has 0 radical (unpaired) electrons. The monoisotopic (exact) mass is 419 g/mol. The molecule has 9 heteroatoms. The Morgan fingerprint density at radius 1 is 1.14 bits per heavy atom. The van der Waals surface area contributed by atoms with E-state index in [2.05, 4.69) is 10.5 Å². The second kappa shape index (κ2) is 9.42. The second-order valence-electron chi connectivity index (χ2n) is 6.36. The maximum absolute atomic E-state index is 12.4. The number of benzene rings is 2. The van der Waals surface area contributed by atoms with Crippen LogP contribution < -0.4 is 19.2 Å². The number of sulfonamides is 1. The number of anilines is 1. The average Bonchev–Trinajstić information content (AvgIpc) is 2.67. The maximum Gasteiger partial charge on any atom is 0.260 e. The molecule has 29 heavy (non-hydrogen) atoms. The molecule has 0 aromatic heterocycles. The molecule has 8 nitrogen and oxygen atoms in total. The van der Waals surface area contributed by atoms with Gasteiger partial charge >= 0.3 is 0 Å². The summed E-state index contributed by atoms with van der Waals surface area (Å²) in [6, 6.07) is 10.5. The van der Waals surface area contributed by atoms with Gasteiger partial charge in [0.2, 0.25) is 10.0 Å². The molecule has 0 spiro atoms. The number of ether oxygens (including phenoxy) is 2. The lowest BCUT2D eigenvalue weighted by atomic mass is 10.1. The lowest BCUT2D eigenvalue weighted by molar-refractivity contribution is -0.119. The number of nitrogens with zero attached hydrogens (tertiary/aromatic N) is 2. The average molecular weight is 420 g/mol. The Morgan fingerprint density at radius 3 is 2.45 bits per heavy atom. The summed E-state index contributed by atoms with van der Waals surface area (Å²) in [7, 11) is -0.642. The molecule has 0 saturated carbocycles. The summed E-state index contributed by atoms with van der Waals surface area (Å²) >= 11 is 0. The van der Waals surface area contributed by atoms with Gasteiger partial charge in [-0.1, -0.05) is 18.2 Å². The first-order valence-corrected chi connectivity index (χ1v) is 10.6. The van der Waals surface area contributed by atoms with Crippen LogP contribution in [0.5, 0.6) is 11.5 Å². The van der Waals surface area contributed by atoms with Crippen LogP contribution in [0.15, 0.2) is 41.5 Å². The molecular formula is C20H25N3O5S. The predicted octanol–water partition coefficient (Wildman–Crippen LogP) is 2.24. The molecule has 0 aliphatic carbocycles. The van der Waals surface area contributed by atoms with Crippen LogP contribution in [0.1, 0.15) is 16.7 Å². The van der Waals surface area contributed by atoms with Gasteiger partial charge < -0.3 is 9.47 Å². The molecule has 156 valence electrons. The standard InChI is InChI=1S/C20H25N3O5S/c1-14-8-6-10-17(15(14)2)23(29(5,25)26)13-19(24)22-21-12-16-9-7-11-18(27-3)20(16)28-4/h6-12H,13H2,1-5H3,(H,22,24)/b21-12-. The molecule has 0 fully saturated rings. The lowest BCUT2D eigenvalue weighted by Crippen LogP contribution is -2.39. The zero-order valence-corrected chi connectivity index (χ0v) is 17.9. The number of carbonyl (C=O) groups is 1. The van der Waals surface area contributed by atoms with Crippen molar-refractivity contribution in [3.05, 3.63) is 53.1 Å². The predicted molar refractivity (Wildman–Crippen MR) is 113 cm³/mol. The molecule has 0 aliphatic rings. The smallest absolute Gasteiger partial charge is 0.260 e. The Balaban J connectivity index is 2.18. The van der Waals surface area contributed by atoms with Crippen molar-refractivity contribution >= 4 is 27.8 Å². The molecule has 1 amide bonds. The Kier molecular flexibility index (Phi) is 7.22. The van der Waals surface area contributed by atoms with E-state index in [1.54, 1.807) is 30.3 Å². The molecule has 0 heterocycles. The number of carbonyl (C=O) groups excluding carboxylic acids is 1. The van der Waals surface area contributed by atoms with E-state index in [9.17, 15) is 13.2 Å². The first-order valence-electron chi connectivity index (χ1n) is 8.75. The van der Waals surface area contributed by atoms with Gasteiger partial charge in [-0.2, -0.15) is 5.10 Å². The molecule has 0 atom stereocenters. The van der Waals surface area contributed by atoms with Gasteiger partial charge in [-0.3, -0.25) is 9.10 Å². The highest BCUT2D eigenvalue weighted by Gasteiger charge is 2.22. The summed E-state index contributed by atoms with van der Waals surface area (Å²) in [6.07, 6.45) is 2.47. The molecule has 0 bridgehead atoms. The number of hydrazone groups is 1. The highest BCUT2D eigenvalue weighted by molar-refractivity contribution is 7.92. The summed E-state index contributed by atoms with van der Waals surface area (Å²) in [5.74, 6) is 0.427.